The number of hydrogen-bond donors (Lipinski definition) is 0. The first kappa shape index (κ1) is 12.4. The van der Waals surface area contributed by atoms with E-state index in [0.717, 1.165) is 21.5 Å². The Morgan fingerprint density at radius 2 is 1.30 bits per heavy atom. The highest BCUT2D eigenvalue weighted by atomic mass is 16.3. The molecule has 23 heavy (non-hydrogen) atoms. The summed E-state index contributed by atoms with van der Waals surface area (Å²) in [6.07, 6.45) is 0. The molecule has 0 bridgehead atoms. The van der Waals surface area contributed by atoms with Gasteiger partial charge in [0.25, 0.3) is 0 Å². The van der Waals surface area contributed by atoms with E-state index in [4.69, 9.17) is 4.42 Å². The molecule has 4 aromatic carbocycles. The molecule has 0 amide bonds. The van der Waals surface area contributed by atoms with Crippen LogP contribution in [0, 0.1) is 0 Å². The van der Waals surface area contributed by atoms with Crippen LogP contribution in [-0.4, -0.2) is 0 Å². The summed E-state index contributed by atoms with van der Waals surface area (Å²) in [6.45, 7) is 0. The molecular formula is C21H12O2. The molecule has 1 aromatic heterocycles. The van der Waals surface area contributed by atoms with Gasteiger partial charge in [-0.15, -0.1) is 0 Å². The molecule has 0 radical (unpaired) electrons. The van der Waals surface area contributed by atoms with Gasteiger partial charge in [-0.05, 0) is 39.7 Å². The minimum absolute atomic E-state index is 0.0313. The molecule has 0 saturated carbocycles. The fourth-order valence-electron chi connectivity index (χ4n) is 3.31. The fraction of sp³-hybridized carbons (Fsp3) is 0. The molecule has 0 atom stereocenters. The monoisotopic (exact) mass is 296 g/mol. The van der Waals surface area contributed by atoms with Gasteiger partial charge in [0.15, 0.2) is 0 Å². The topological polar surface area (TPSA) is 30.2 Å². The lowest BCUT2D eigenvalue weighted by Crippen LogP contribution is -2.02. The predicted octanol–water partition coefficient (Wildman–Crippen LogP) is 5.25. The molecule has 1 heterocycles. The van der Waals surface area contributed by atoms with Crippen molar-refractivity contribution in [1.29, 1.82) is 0 Å². The van der Waals surface area contributed by atoms with Crippen LogP contribution >= 0.6 is 0 Å². The molecule has 0 unspecified atom stereocenters. The van der Waals surface area contributed by atoms with Crippen molar-refractivity contribution in [2.45, 2.75) is 0 Å². The molecule has 0 N–H and O–H groups in total. The molecule has 0 fully saturated rings. The van der Waals surface area contributed by atoms with E-state index < -0.39 is 0 Å². The zero-order valence-electron chi connectivity index (χ0n) is 12.2. The summed E-state index contributed by atoms with van der Waals surface area (Å²) in [5.41, 5.74) is 1.30. The van der Waals surface area contributed by atoms with Crippen LogP contribution in [0.1, 0.15) is 0 Å². The lowest BCUT2D eigenvalue weighted by atomic mass is 10.0. The van der Waals surface area contributed by atoms with Crippen LogP contribution in [0.15, 0.2) is 82.0 Å². The van der Waals surface area contributed by atoms with Crippen molar-refractivity contribution in [3.05, 3.63) is 83.0 Å². The molecule has 108 valence electrons. The lowest BCUT2D eigenvalue weighted by Gasteiger charge is -2.06. The van der Waals surface area contributed by atoms with E-state index in [9.17, 15) is 4.79 Å². The number of rotatable bonds is 0. The average Bonchev–Trinajstić information content (AvgIpc) is 2.60. The van der Waals surface area contributed by atoms with Crippen molar-refractivity contribution in [1.82, 2.24) is 0 Å². The summed E-state index contributed by atoms with van der Waals surface area (Å²) in [5.74, 6) is 0. The van der Waals surface area contributed by atoms with Gasteiger partial charge in [0.2, 0.25) is 5.43 Å². The lowest BCUT2D eigenvalue weighted by molar-refractivity contribution is 0.661. The maximum Gasteiger partial charge on any atom is 0.201 e. The normalized spacial score (nSPS) is 11.7. The minimum atomic E-state index is 0.0313. The first-order valence-electron chi connectivity index (χ1n) is 7.58. The quantitative estimate of drug-likeness (QED) is 0.288. The Morgan fingerprint density at radius 1 is 0.609 bits per heavy atom. The highest BCUT2D eigenvalue weighted by molar-refractivity contribution is 6.09. The van der Waals surface area contributed by atoms with Crippen molar-refractivity contribution in [2.24, 2.45) is 0 Å². The Bertz CT molecular complexity index is 1280. The minimum Gasteiger partial charge on any atom is -0.456 e. The molecule has 2 nitrogen and oxygen atoms in total. The summed E-state index contributed by atoms with van der Waals surface area (Å²) in [5, 5.41) is 5.40. The Morgan fingerprint density at radius 3 is 2.13 bits per heavy atom. The van der Waals surface area contributed by atoms with Gasteiger partial charge in [-0.25, -0.2) is 0 Å². The van der Waals surface area contributed by atoms with Crippen LogP contribution in [0.2, 0.25) is 0 Å². The molecule has 5 aromatic rings. The zero-order chi connectivity index (χ0) is 15.4. The highest BCUT2D eigenvalue weighted by Crippen LogP contribution is 2.28. The van der Waals surface area contributed by atoms with Gasteiger partial charge >= 0.3 is 0 Å². The molecule has 0 saturated heterocycles. The largest absolute Gasteiger partial charge is 0.456 e. The van der Waals surface area contributed by atoms with Crippen LogP contribution in [0.4, 0.5) is 0 Å². The SMILES string of the molecule is O=c1c2cc3ccccc3cc2oc2ccc3ccccc3c12. The first-order valence-corrected chi connectivity index (χ1v) is 7.58. The summed E-state index contributed by atoms with van der Waals surface area (Å²) in [4.78, 5) is 13.1. The van der Waals surface area contributed by atoms with Crippen molar-refractivity contribution in [2.75, 3.05) is 0 Å². The van der Waals surface area contributed by atoms with Crippen LogP contribution in [-0.2, 0) is 0 Å². The van der Waals surface area contributed by atoms with E-state index in [1.807, 2.05) is 72.8 Å². The van der Waals surface area contributed by atoms with Gasteiger partial charge in [-0.3, -0.25) is 4.79 Å². The van der Waals surface area contributed by atoms with Crippen molar-refractivity contribution in [3.63, 3.8) is 0 Å². The van der Waals surface area contributed by atoms with E-state index in [0.29, 0.717) is 21.9 Å². The molecule has 0 aliphatic heterocycles. The Hall–Kier alpha value is -3.13. The van der Waals surface area contributed by atoms with Crippen LogP contribution in [0.25, 0.3) is 43.5 Å². The van der Waals surface area contributed by atoms with Gasteiger partial charge in [0, 0.05) is 0 Å². The third-order valence-electron chi connectivity index (χ3n) is 4.43. The highest BCUT2D eigenvalue weighted by Gasteiger charge is 2.11. The van der Waals surface area contributed by atoms with Gasteiger partial charge in [0.05, 0.1) is 10.8 Å². The smallest absolute Gasteiger partial charge is 0.201 e. The second-order valence-electron chi connectivity index (χ2n) is 5.79. The first-order chi connectivity index (χ1) is 11.3. The van der Waals surface area contributed by atoms with Crippen molar-refractivity contribution in [3.8, 4) is 0 Å². The predicted molar refractivity (Wildman–Crippen MR) is 95.0 cm³/mol. The number of hydrogen-bond acceptors (Lipinski definition) is 2. The van der Waals surface area contributed by atoms with Gasteiger partial charge in [-0.1, -0.05) is 54.6 Å². The molecule has 2 heteroatoms. The van der Waals surface area contributed by atoms with E-state index in [2.05, 4.69) is 0 Å². The second kappa shape index (κ2) is 4.43. The van der Waals surface area contributed by atoms with Crippen molar-refractivity contribution < 1.29 is 4.42 Å². The van der Waals surface area contributed by atoms with Gasteiger partial charge in [0.1, 0.15) is 11.2 Å². The third-order valence-corrected chi connectivity index (χ3v) is 4.43. The molecule has 0 spiro atoms. The Balaban J connectivity index is 2.07. The summed E-state index contributed by atoms with van der Waals surface area (Å²) < 4.78 is 6.04. The molecule has 0 aliphatic rings. The second-order valence-corrected chi connectivity index (χ2v) is 5.79. The number of fused-ring (bicyclic) bond motifs is 5. The van der Waals surface area contributed by atoms with E-state index in [-0.39, 0.29) is 5.43 Å². The van der Waals surface area contributed by atoms with E-state index in [1.165, 1.54) is 0 Å². The van der Waals surface area contributed by atoms with Crippen LogP contribution < -0.4 is 5.43 Å². The van der Waals surface area contributed by atoms with Crippen LogP contribution in [0.5, 0.6) is 0 Å². The fourth-order valence-corrected chi connectivity index (χ4v) is 3.31. The summed E-state index contributed by atoms with van der Waals surface area (Å²) >= 11 is 0. The summed E-state index contributed by atoms with van der Waals surface area (Å²) in [7, 11) is 0. The maximum atomic E-state index is 13.1. The number of benzene rings is 4. The molecule has 0 aliphatic carbocycles. The summed E-state index contributed by atoms with van der Waals surface area (Å²) in [6, 6.07) is 23.7. The maximum absolute atomic E-state index is 13.1. The third kappa shape index (κ3) is 1.72. The van der Waals surface area contributed by atoms with E-state index in [1.54, 1.807) is 0 Å². The van der Waals surface area contributed by atoms with Gasteiger partial charge in [-0.2, -0.15) is 0 Å². The molecule has 5 rings (SSSR count). The average molecular weight is 296 g/mol. The standard InChI is InChI=1S/C21H12O2/c22-21-17-11-14-6-1-2-7-15(14)12-19(17)23-18-10-9-13-5-3-4-8-16(13)20(18)21/h1-12H. The van der Waals surface area contributed by atoms with Crippen LogP contribution in [0.3, 0.4) is 0 Å². The van der Waals surface area contributed by atoms with Gasteiger partial charge < -0.3 is 4.42 Å². The molecular weight excluding hydrogens is 284 g/mol. The van der Waals surface area contributed by atoms with E-state index >= 15 is 0 Å². The van der Waals surface area contributed by atoms with Crippen molar-refractivity contribution >= 4 is 43.5 Å². The zero-order valence-corrected chi connectivity index (χ0v) is 12.2. The Kier molecular flexibility index (Phi) is 2.39. The Labute approximate surface area is 131 Å².